The number of rotatable bonds is 5. The average Bonchev–Trinajstić information content (AvgIpc) is 2.48. The highest BCUT2D eigenvalue weighted by molar-refractivity contribution is 5.91. The topological polar surface area (TPSA) is 84.2 Å². The number of primary amides is 1. The molecule has 24 heavy (non-hydrogen) atoms. The second-order valence-corrected chi connectivity index (χ2v) is 7.33. The fourth-order valence-corrected chi connectivity index (χ4v) is 3.68. The lowest BCUT2D eigenvalue weighted by molar-refractivity contribution is -0.117. The molecule has 0 bridgehead atoms. The smallest absolute Gasteiger partial charge is 0.319 e. The number of nitrogens with one attached hydrogen (secondary N) is 2. The van der Waals surface area contributed by atoms with Crippen LogP contribution in [0.1, 0.15) is 45.6 Å². The first kappa shape index (κ1) is 18.3. The van der Waals surface area contributed by atoms with E-state index in [1.165, 1.54) is 6.42 Å². The third-order valence-electron chi connectivity index (χ3n) is 4.97. The summed E-state index contributed by atoms with van der Waals surface area (Å²) in [5, 5.41) is 6.02. The monoisotopic (exact) mass is 331 g/mol. The fraction of sp³-hybridized carbons (Fsp3) is 0.579. The summed E-state index contributed by atoms with van der Waals surface area (Å²) in [4.78, 5) is 23.6. The Morgan fingerprint density at radius 3 is 2.62 bits per heavy atom. The van der Waals surface area contributed by atoms with E-state index < -0.39 is 5.91 Å². The number of urea groups is 1. The van der Waals surface area contributed by atoms with Crippen molar-refractivity contribution in [3.05, 3.63) is 29.8 Å². The van der Waals surface area contributed by atoms with Crippen molar-refractivity contribution in [2.24, 2.45) is 23.5 Å². The number of carbonyl (C=O) groups excluding carboxylic acids is 2. The summed E-state index contributed by atoms with van der Waals surface area (Å²) in [7, 11) is 0. The first-order valence-corrected chi connectivity index (χ1v) is 8.80. The summed E-state index contributed by atoms with van der Waals surface area (Å²) < 4.78 is 0. The molecule has 0 unspecified atom stereocenters. The van der Waals surface area contributed by atoms with Gasteiger partial charge in [0.1, 0.15) is 0 Å². The van der Waals surface area contributed by atoms with Gasteiger partial charge in [0, 0.05) is 11.7 Å². The van der Waals surface area contributed by atoms with Crippen molar-refractivity contribution in [2.45, 2.75) is 52.5 Å². The molecule has 132 valence electrons. The largest absolute Gasteiger partial charge is 0.369 e. The summed E-state index contributed by atoms with van der Waals surface area (Å²) in [6.45, 7) is 6.68. The Hall–Kier alpha value is -2.04. The molecule has 3 amide bonds. The number of hydrogen-bond acceptors (Lipinski definition) is 2. The minimum atomic E-state index is -0.411. The zero-order valence-electron chi connectivity index (χ0n) is 14.8. The zero-order chi connectivity index (χ0) is 17.7. The highest BCUT2D eigenvalue weighted by Gasteiger charge is 2.31. The standard InChI is InChI=1S/C19H29N3O2/c1-12(2)15-9-8-13(3)10-17(15)22-19(24)21-16-7-5-4-6-14(16)11-18(20)23/h4-7,12-13,15,17H,8-11H2,1-3H3,(H2,20,23)(H2,21,22,24)/t13-,15-,17+/m1/s1. The minimum absolute atomic E-state index is 0.117. The maximum Gasteiger partial charge on any atom is 0.319 e. The van der Waals surface area contributed by atoms with Gasteiger partial charge in [-0.15, -0.1) is 0 Å². The van der Waals surface area contributed by atoms with E-state index in [2.05, 4.69) is 31.4 Å². The van der Waals surface area contributed by atoms with E-state index in [-0.39, 0.29) is 18.5 Å². The first-order valence-electron chi connectivity index (χ1n) is 8.80. The molecular formula is C19H29N3O2. The van der Waals surface area contributed by atoms with E-state index >= 15 is 0 Å². The van der Waals surface area contributed by atoms with Gasteiger partial charge in [0.05, 0.1) is 6.42 Å². The SMILES string of the molecule is CC(C)[C@H]1CC[C@@H](C)C[C@@H]1NC(=O)Nc1ccccc1CC(N)=O. The van der Waals surface area contributed by atoms with E-state index in [0.29, 0.717) is 23.4 Å². The van der Waals surface area contributed by atoms with Gasteiger partial charge in [-0.3, -0.25) is 4.79 Å². The quantitative estimate of drug-likeness (QED) is 0.773. The minimum Gasteiger partial charge on any atom is -0.369 e. The van der Waals surface area contributed by atoms with Crippen LogP contribution in [0.2, 0.25) is 0 Å². The van der Waals surface area contributed by atoms with E-state index in [0.717, 1.165) is 18.4 Å². The number of benzene rings is 1. The molecule has 2 rings (SSSR count). The van der Waals surface area contributed by atoms with Crippen molar-refractivity contribution in [1.29, 1.82) is 0 Å². The molecule has 3 atom stereocenters. The number of para-hydroxylation sites is 1. The molecule has 5 heteroatoms. The molecule has 0 radical (unpaired) electrons. The summed E-state index contributed by atoms with van der Waals surface area (Å²) in [6, 6.07) is 7.24. The van der Waals surface area contributed by atoms with Crippen molar-refractivity contribution in [2.75, 3.05) is 5.32 Å². The van der Waals surface area contributed by atoms with Gasteiger partial charge < -0.3 is 16.4 Å². The van der Waals surface area contributed by atoms with Crippen LogP contribution in [0.15, 0.2) is 24.3 Å². The molecule has 0 aromatic heterocycles. The van der Waals surface area contributed by atoms with E-state index in [4.69, 9.17) is 5.73 Å². The third kappa shape index (κ3) is 4.98. The molecule has 4 N–H and O–H groups in total. The molecule has 1 aliphatic rings. The Labute approximate surface area is 144 Å². The van der Waals surface area contributed by atoms with Crippen LogP contribution in [0, 0.1) is 17.8 Å². The average molecular weight is 331 g/mol. The van der Waals surface area contributed by atoms with Crippen LogP contribution in [0.4, 0.5) is 10.5 Å². The predicted octanol–water partition coefficient (Wildman–Crippen LogP) is 3.30. The molecule has 0 spiro atoms. The van der Waals surface area contributed by atoms with Crippen molar-refractivity contribution in [1.82, 2.24) is 5.32 Å². The Balaban J connectivity index is 2.03. The number of hydrogen-bond donors (Lipinski definition) is 3. The summed E-state index contributed by atoms with van der Waals surface area (Å²) in [5.41, 5.74) is 6.64. The van der Waals surface area contributed by atoms with Gasteiger partial charge in [-0.2, -0.15) is 0 Å². The van der Waals surface area contributed by atoms with E-state index in [9.17, 15) is 9.59 Å². The zero-order valence-corrected chi connectivity index (χ0v) is 14.8. The molecule has 1 aromatic rings. The number of anilines is 1. The van der Waals surface area contributed by atoms with Gasteiger partial charge in [0.15, 0.2) is 0 Å². The third-order valence-corrected chi connectivity index (χ3v) is 4.97. The Kier molecular flexibility index (Phi) is 6.23. The van der Waals surface area contributed by atoms with Gasteiger partial charge in [0.25, 0.3) is 0 Å². The first-order chi connectivity index (χ1) is 11.4. The number of carbonyl (C=O) groups is 2. The van der Waals surface area contributed by atoms with Crippen molar-refractivity contribution in [3.63, 3.8) is 0 Å². The summed E-state index contributed by atoms with van der Waals surface area (Å²) >= 11 is 0. The summed E-state index contributed by atoms with van der Waals surface area (Å²) in [5.74, 6) is 1.27. The van der Waals surface area contributed by atoms with Gasteiger partial charge in [-0.1, -0.05) is 45.4 Å². The molecule has 1 saturated carbocycles. The van der Waals surface area contributed by atoms with Gasteiger partial charge in [-0.25, -0.2) is 4.79 Å². The second kappa shape index (κ2) is 8.18. The van der Waals surface area contributed by atoms with Crippen molar-refractivity contribution < 1.29 is 9.59 Å². The maximum absolute atomic E-state index is 12.5. The Bertz CT molecular complexity index is 586. The van der Waals surface area contributed by atoms with Crippen LogP contribution in [0.5, 0.6) is 0 Å². The molecule has 5 nitrogen and oxygen atoms in total. The molecule has 0 aliphatic heterocycles. The van der Waals surface area contributed by atoms with Crippen LogP contribution >= 0.6 is 0 Å². The highest BCUT2D eigenvalue weighted by Crippen LogP contribution is 2.33. The van der Waals surface area contributed by atoms with Crippen LogP contribution in [-0.2, 0) is 11.2 Å². The van der Waals surface area contributed by atoms with Gasteiger partial charge >= 0.3 is 6.03 Å². The maximum atomic E-state index is 12.5. The van der Waals surface area contributed by atoms with E-state index in [1.807, 2.05) is 12.1 Å². The number of nitrogens with two attached hydrogens (primary N) is 1. The van der Waals surface area contributed by atoms with Crippen LogP contribution < -0.4 is 16.4 Å². The summed E-state index contributed by atoms with van der Waals surface area (Å²) in [6.07, 6.45) is 3.51. The van der Waals surface area contributed by atoms with Crippen LogP contribution in [-0.4, -0.2) is 18.0 Å². The predicted molar refractivity (Wildman–Crippen MR) is 96.6 cm³/mol. The van der Waals surface area contributed by atoms with Crippen LogP contribution in [0.25, 0.3) is 0 Å². The van der Waals surface area contributed by atoms with Gasteiger partial charge in [-0.05, 0) is 42.2 Å². The van der Waals surface area contributed by atoms with Crippen molar-refractivity contribution >= 4 is 17.6 Å². The molecule has 0 saturated heterocycles. The lowest BCUT2D eigenvalue weighted by Gasteiger charge is -2.37. The van der Waals surface area contributed by atoms with Gasteiger partial charge in [0.2, 0.25) is 5.91 Å². The highest BCUT2D eigenvalue weighted by atomic mass is 16.2. The Morgan fingerprint density at radius 1 is 1.25 bits per heavy atom. The fourth-order valence-electron chi connectivity index (χ4n) is 3.68. The molecule has 1 aromatic carbocycles. The lowest BCUT2D eigenvalue weighted by atomic mass is 9.74. The second-order valence-electron chi connectivity index (χ2n) is 7.33. The Morgan fingerprint density at radius 2 is 1.96 bits per heavy atom. The molecule has 1 fully saturated rings. The normalized spacial score (nSPS) is 23.8. The van der Waals surface area contributed by atoms with Crippen LogP contribution in [0.3, 0.4) is 0 Å². The van der Waals surface area contributed by atoms with E-state index in [1.54, 1.807) is 12.1 Å². The molecule has 0 heterocycles. The number of amides is 3. The molecule has 1 aliphatic carbocycles. The lowest BCUT2D eigenvalue weighted by Crippen LogP contribution is -2.47. The van der Waals surface area contributed by atoms with Crippen molar-refractivity contribution in [3.8, 4) is 0 Å². The molecular weight excluding hydrogens is 302 g/mol.